The molecule has 0 spiro atoms. The fourth-order valence-electron chi connectivity index (χ4n) is 0.226. The fourth-order valence-corrected chi connectivity index (χ4v) is 0.226. The third-order valence-electron chi connectivity index (χ3n) is 0.762. The molecular weight excluding hydrogens is 103 g/mol. The molecule has 0 aromatic heterocycles. The molecule has 0 bridgehead atoms. The molecule has 0 fully saturated rings. The first-order valence-corrected chi connectivity index (χ1v) is 2.55. The lowest BCUT2D eigenvalue weighted by molar-refractivity contribution is 0.620. The van der Waals surface area contributed by atoms with Crippen LogP contribution in [0.4, 0.5) is 0 Å². The maximum atomic E-state index is 5.24. The highest BCUT2D eigenvalue weighted by atomic mass is 16.4. The molecular formula is C4H11BN2O. The molecule has 8 heavy (non-hydrogen) atoms. The Kier molecular flexibility index (Phi) is 4.36. The van der Waals surface area contributed by atoms with Crippen LogP contribution in [0.2, 0.25) is 0 Å². The van der Waals surface area contributed by atoms with Gasteiger partial charge in [0.05, 0.1) is 6.04 Å². The Morgan fingerprint density at radius 3 is 3.00 bits per heavy atom. The number of rotatable bonds is 3. The van der Waals surface area contributed by atoms with E-state index in [-0.39, 0.29) is 6.04 Å². The smallest absolute Gasteiger partial charge is 0.323 e. The standard InChI is InChI=1S/C4H11BN2O/c1-4(2-6)7-3-8-5/h3-4H,2,5-6H2,1H3. The normalized spacial score (nSPS) is 14.2. The molecule has 0 saturated heterocycles. The van der Waals surface area contributed by atoms with E-state index in [9.17, 15) is 0 Å². The number of nitrogens with two attached hydrogens (primary N) is 1. The van der Waals surface area contributed by atoms with E-state index in [0.29, 0.717) is 6.54 Å². The minimum Gasteiger partial charge on any atom is -0.560 e. The Labute approximate surface area is 50.4 Å². The van der Waals surface area contributed by atoms with Crippen molar-refractivity contribution >= 4 is 14.4 Å². The van der Waals surface area contributed by atoms with Gasteiger partial charge in [0.15, 0.2) is 6.40 Å². The van der Waals surface area contributed by atoms with Gasteiger partial charge in [-0.2, -0.15) is 0 Å². The molecule has 0 radical (unpaired) electrons. The van der Waals surface area contributed by atoms with Gasteiger partial charge in [-0.3, -0.25) is 4.99 Å². The van der Waals surface area contributed by atoms with Crippen LogP contribution in [0.25, 0.3) is 0 Å². The molecule has 0 aromatic rings. The molecule has 0 aliphatic heterocycles. The van der Waals surface area contributed by atoms with E-state index in [4.69, 9.17) is 5.73 Å². The molecule has 0 heterocycles. The van der Waals surface area contributed by atoms with Crippen molar-refractivity contribution < 1.29 is 4.65 Å². The Hall–Kier alpha value is -0.505. The number of hydrogen-bond donors (Lipinski definition) is 1. The van der Waals surface area contributed by atoms with Gasteiger partial charge in [0, 0.05) is 6.54 Å². The van der Waals surface area contributed by atoms with Crippen molar-refractivity contribution in [3.8, 4) is 0 Å². The van der Waals surface area contributed by atoms with Crippen LogP contribution in [0, 0.1) is 0 Å². The Balaban J connectivity index is 3.21. The van der Waals surface area contributed by atoms with Gasteiger partial charge in [0.1, 0.15) is 0 Å². The largest absolute Gasteiger partial charge is 0.560 e. The van der Waals surface area contributed by atoms with Gasteiger partial charge in [-0.05, 0) is 6.92 Å². The summed E-state index contributed by atoms with van der Waals surface area (Å²) in [5.74, 6) is 0. The molecule has 1 atom stereocenters. The highest BCUT2D eigenvalue weighted by molar-refractivity contribution is 6.02. The molecule has 0 amide bonds. The Bertz CT molecular complexity index is 76.4. The van der Waals surface area contributed by atoms with Crippen LogP contribution >= 0.6 is 0 Å². The van der Waals surface area contributed by atoms with Crippen LogP contribution in [-0.2, 0) is 4.65 Å². The first-order valence-electron chi connectivity index (χ1n) is 2.55. The van der Waals surface area contributed by atoms with E-state index < -0.39 is 0 Å². The van der Waals surface area contributed by atoms with Crippen molar-refractivity contribution in [3.63, 3.8) is 0 Å². The summed E-state index contributed by atoms with van der Waals surface area (Å²) in [4.78, 5) is 3.89. The molecule has 0 aliphatic carbocycles. The topological polar surface area (TPSA) is 47.6 Å². The van der Waals surface area contributed by atoms with Crippen molar-refractivity contribution in [2.24, 2.45) is 10.7 Å². The van der Waals surface area contributed by atoms with E-state index in [1.54, 1.807) is 8.05 Å². The summed E-state index contributed by atoms with van der Waals surface area (Å²) < 4.78 is 4.57. The zero-order chi connectivity index (χ0) is 6.41. The van der Waals surface area contributed by atoms with Crippen LogP contribution < -0.4 is 5.73 Å². The quantitative estimate of drug-likeness (QED) is 0.288. The Morgan fingerprint density at radius 2 is 2.62 bits per heavy atom. The zero-order valence-corrected chi connectivity index (χ0v) is 5.29. The van der Waals surface area contributed by atoms with Gasteiger partial charge in [0.2, 0.25) is 0 Å². The summed E-state index contributed by atoms with van der Waals surface area (Å²) >= 11 is 0. The summed E-state index contributed by atoms with van der Waals surface area (Å²) in [7, 11) is 1.56. The average Bonchev–Trinajstić information content (AvgIpc) is 1.83. The Morgan fingerprint density at radius 1 is 2.00 bits per heavy atom. The summed E-state index contributed by atoms with van der Waals surface area (Å²) in [6, 6.07) is 0.176. The van der Waals surface area contributed by atoms with Crippen molar-refractivity contribution in [1.29, 1.82) is 0 Å². The molecule has 0 saturated carbocycles. The predicted molar refractivity (Wildman–Crippen MR) is 36.6 cm³/mol. The molecule has 2 N–H and O–H groups in total. The molecule has 4 heteroatoms. The van der Waals surface area contributed by atoms with Crippen LogP contribution in [0.3, 0.4) is 0 Å². The van der Waals surface area contributed by atoms with E-state index >= 15 is 0 Å². The predicted octanol–water partition coefficient (Wildman–Crippen LogP) is -1.07. The maximum absolute atomic E-state index is 5.24. The van der Waals surface area contributed by atoms with Crippen LogP contribution in [0.5, 0.6) is 0 Å². The van der Waals surface area contributed by atoms with Crippen molar-refractivity contribution in [3.05, 3.63) is 0 Å². The SMILES string of the molecule is BOC=NC(C)CN. The second-order valence-electron chi connectivity index (χ2n) is 1.57. The van der Waals surface area contributed by atoms with Gasteiger partial charge in [-0.15, -0.1) is 0 Å². The maximum Gasteiger partial charge on any atom is 0.323 e. The molecule has 0 aliphatic rings. The highest BCUT2D eigenvalue weighted by Gasteiger charge is 1.88. The van der Waals surface area contributed by atoms with E-state index in [1.165, 1.54) is 6.40 Å². The monoisotopic (exact) mass is 114 g/mol. The van der Waals surface area contributed by atoms with Crippen LogP contribution in [-0.4, -0.2) is 27.0 Å². The number of hydrogen-bond acceptors (Lipinski definition) is 3. The van der Waals surface area contributed by atoms with Gasteiger partial charge < -0.3 is 10.4 Å². The van der Waals surface area contributed by atoms with Gasteiger partial charge >= 0.3 is 8.05 Å². The third kappa shape index (κ3) is 3.68. The van der Waals surface area contributed by atoms with E-state index in [2.05, 4.69) is 9.65 Å². The lowest BCUT2D eigenvalue weighted by atomic mass is 10.4. The second-order valence-corrected chi connectivity index (χ2v) is 1.57. The summed E-state index contributed by atoms with van der Waals surface area (Å²) in [5.41, 5.74) is 5.24. The molecule has 46 valence electrons. The third-order valence-corrected chi connectivity index (χ3v) is 0.762. The second kappa shape index (κ2) is 4.65. The fraction of sp³-hybridized carbons (Fsp3) is 0.750. The summed E-state index contributed by atoms with van der Waals surface area (Å²) in [6.07, 6.45) is 1.40. The van der Waals surface area contributed by atoms with Crippen molar-refractivity contribution in [1.82, 2.24) is 0 Å². The summed E-state index contributed by atoms with van der Waals surface area (Å²) in [5, 5.41) is 0. The summed E-state index contributed by atoms with van der Waals surface area (Å²) in [6.45, 7) is 2.50. The van der Waals surface area contributed by atoms with Gasteiger partial charge in [0.25, 0.3) is 0 Å². The molecule has 0 aromatic carbocycles. The lowest BCUT2D eigenvalue weighted by Crippen LogP contribution is -2.13. The van der Waals surface area contributed by atoms with Gasteiger partial charge in [-0.1, -0.05) is 0 Å². The minimum atomic E-state index is 0.176. The molecule has 1 unspecified atom stereocenters. The zero-order valence-electron chi connectivity index (χ0n) is 5.29. The first-order chi connectivity index (χ1) is 3.81. The highest BCUT2D eigenvalue weighted by Crippen LogP contribution is 1.80. The van der Waals surface area contributed by atoms with Crippen molar-refractivity contribution in [2.45, 2.75) is 13.0 Å². The van der Waals surface area contributed by atoms with Crippen LogP contribution in [0.15, 0.2) is 4.99 Å². The lowest BCUT2D eigenvalue weighted by Gasteiger charge is -1.97. The van der Waals surface area contributed by atoms with E-state index in [1.807, 2.05) is 6.92 Å². The van der Waals surface area contributed by atoms with Crippen molar-refractivity contribution in [2.75, 3.05) is 6.54 Å². The van der Waals surface area contributed by atoms with Gasteiger partial charge in [-0.25, -0.2) is 0 Å². The number of aliphatic imine (C=N–C) groups is 1. The van der Waals surface area contributed by atoms with E-state index in [0.717, 1.165) is 0 Å². The first kappa shape index (κ1) is 7.49. The average molecular weight is 114 g/mol. The number of nitrogens with zero attached hydrogens (tertiary/aromatic N) is 1. The molecule has 0 rings (SSSR count). The minimum absolute atomic E-state index is 0.176. The molecule has 3 nitrogen and oxygen atoms in total. The van der Waals surface area contributed by atoms with Crippen LogP contribution in [0.1, 0.15) is 6.92 Å².